The molecule has 7 nitrogen and oxygen atoms in total. The molecule has 148 valence electrons. The molecule has 0 radical (unpaired) electrons. The maximum Gasteiger partial charge on any atom is 0.132 e. The molecule has 29 heavy (non-hydrogen) atoms. The highest BCUT2D eigenvalue weighted by Crippen LogP contribution is 2.25. The highest BCUT2D eigenvalue weighted by atomic mass is 15.2. The number of nitrogens with one attached hydrogen (secondary N) is 1. The molecule has 1 fully saturated rings. The molecule has 3 aromatic heterocycles. The predicted molar refractivity (Wildman–Crippen MR) is 116 cm³/mol. The minimum Gasteiger partial charge on any atom is -0.397 e. The SMILES string of the molecule is Cc1ccc(C(=N)c2cc(-c3cccnc3)ncc2N)nc1N1CCCC(N)C1. The number of aryl methyl sites for hydroxylation is 1. The summed E-state index contributed by atoms with van der Waals surface area (Å²) in [6, 6.07) is 9.65. The molecule has 5 N–H and O–H groups in total. The Kier molecular flexibility index (Phi) is 5.22. The number of aromatic nitrogens is 3. The molecule has 0 saturated carbocycles. The lowest BCUT2D eigenvalue weighted by Crippen LogP contribution is -2.43. The molecule has 1 saturated heterocycles. The first-order valence-electron chi connectivity index (χ1n) is 9.76. The number of rotatable bonds is 4. The Morgan fingerprint density at radius 3 is 2.86 bits per heavy atom. The summed E-state index contributed by atoms with van der Waals surface area (Å²) in [5, 5.41) is 8.76. The zero-order valence-electron chi connectivity index (χ0n) is 16.5. The molecular formula is C22H25N7. The van der Waals surface area contributed by atoms with Crippen LogP contribution in [0.3, 0.4) is 0 Å². The molecule has 1 aliphatic heterocycles. The van der Waals surface area contributed by atoms with E-state index in [1.165, 1.54) is 0 Å². The summed E-state index contributed by atoms with van der Waals surface area (Å²) in [6.07, 6.45) is 7.14. The van der Waals surface area contributed by atoms with Crippen molar-refractivity contribution in [2.24, 2.45) is 5.73 Å². The van der Waals surface area contributed by atoms with Gasteiger partial charge in [0.25, 0.3) is 0 Å². The standard InChI is InChI=1S/C22H25N7/c1-14-6-7-19(28-22(14)29-9-3-5-16(23)13-29)21(25)17-10-20(27-12-18(17)24)15-4-2-8-26-11-15/h2,4,6-8,10-12,16,25H,3,5,9,13,23-24H2,1H3. The molecule has 4 rings (SSSR count). The number of nitrogens with two attached hydrogens (primary N) is 2. The van der Waals surface area contributed by atoms with Gasteiger partial charge in [-0.1, -0.05) is 6.07 Å². The highest BCUT2D eigenvalue weighted by molar-refractivity contribution is 6.13. The molecule has 0 bridgehead atoms. The van der Waals surface area contributed by atoms with Gasteiger partial charge in [-0.25, -0.2) is 4.98 Å². The number of nitrogen functional groups attached to an aromatic ring is 1. The lowest BCUT2D eigenvalue weighted by Gasteiger charge is -2.32. The van der Waals surface area contributed by atoms with E-state index in [1.54, 1.807) is 18.6 Å². The van der Waals surface area contributed by atoms with E-state index in [-0.39, 0.29) is 11.8 Å². The van der Waals surface area contributed by atoms with Crippen LogP contribution in [0.5, 0.6) is 0 Å². The second-order valence-electron chi connectivity index (χ2n) is 7.46. The van der Waals surface area contributed by atoms with Crippen molar-refractivity contribution >= 4 is 17.2 Å². The van der Waals surface area contributed by atoms with Crippen LogP contribution in [0.15, 0.2) is 48.9 Å². The molecule has 0 spiro atoms. The predicted octanol–water partition coefficient (Wildman–Crippen LogP) is 2.77. The van der Waals surface area contributed by atoms with E-state index in [0.717, 1.165) is 48.6 Å². The van der Waals surface area contributed by atoms with Gasteiger partial charge in [0.05, 0.1) is 29.0 Å². The second-order valence-corrected chi connectivity index (χ2v) is 7.46. The Morgan fingerprint density at radius 2 is 2.10 bits per heavy atom. The highest BCUT2D eigenvalue weighted by Gasteiger charge is 2.21. The van der Waals surface area contributed by atoms with E-state index in [2.05, 4.69) is 14.9 Å². The van der Waals surface area contributed by atoms with Gasteiger partial charge in [0.15, 0.2) is 0 Å². The molecule has 1 atom stereocenters. The summed E-state index contributed by atoms with van der Waals surface area (Å²) in [5.41, 5.74) is 16.9. The maximum atomic E-state index is 8.76. The average molecular weight is 387 g/mol. The zero-order valence-corrected chi connectivity index (χ0v) is 16.5. The van der Waals surface area contributed by atoms with E-state index in [0.29, 0.717) is 16.9 Å². The lowest BCUT2D eigenvalue weighted by atomic mass is 10.0. The van der Waals surface area contributed by atoms with Crippen molar-refractivity contribution in [2.75, 3.05) is 23.7 Å². The topological polar surface area (TPSA) is 118 Å². The third-order valence-corrected chi connectivity index (χ3v) is 5.25. The molecule has 1 aliphatic rings. The summed E-state index contributed by atoms with van der Waals surface area (Å²) in [6.45, 7) is 3.76. The number of hydrogen-bond acceptors (Lipinski definition) is 7. The Labute approximate surface area is 170 Å². The molecule has 0 amide bonds. The van der Waals surface area contributed by atoms with E-state index < -0.39 is 0 Å². The monoisotopic (exact) mass is 387 g/mol. The fraction of sp³-hybridized carbons (Fsp3) is 0.273. The van der Waals surface area contributed by atoms with Gasteiger partial charge in [-0.05, 0) is 49.6 Å². The van der Waals surface area contributed by atoms with Crippen LogP contribution in [0.4, 0.5) is 11.5 Å². The first-order valence-corrected chi connectivity index (χ1v) is 9.76. The Bertz CT molecular complexity index is 1030. The number of piperidine rings is 1. The Balaban J connectivity index is 1.69. The fourth-order valence-corrected chi connectivity index (χ4v) is 3.67. The van der Waals surface area contributed by atoms with Crippen molar-refractivity contribution in [3.63, 3.8) is 0 Å². The van der Waals surface area contributed by atoms with Crippen LogP contribution < -0.4 is 16.4 Å². The van der Waals surface area contributed by atoms with Crippen LogP contribution in [-0.2, 0) is 0 Å². The lowest BCUT2D eigenvalue weighted by molar-refractivity contribution is 0.502. The maximum absolute atomic E-state index is 8.76. The van der Waals surface area contributed by atoms with Gasteiger partial charge in [0.1, 0.15) is 5.82 Å². The van der Waals surface area contributed by atoms with Crippen LogP contribution in [0.1, 0.15) is 29.7 Å². The zero-order chi connectivity index (χ0) is 20.4. The average Bonchev–Trinajstić information content (AvgIpc) is 2.74. The summed E-state index contributed by atoms with van der Waals surface area (Å²) in [5.74, 6) is 0.891. The van der Waals surface area contributed by atoms with Gasteiger partial charge in [0, 0.05) is 42.7 Å². The van der Waals surface area contributed by atoms with Gasteiger partial charge >= 0.3 is 0 Å². The van der Waals surface area contributed by atoms with E-state index in [1.807, 2.05) is 37.3 Å². The smallest absolute Gasteiger partial charge is 0.132 e. The molecule has 0 aromatic carbocycles. The molecule has 3 aromatic rings. The third kappa shape index (κ3) is 3.95. The van der Waals surface area contributed by atoms with Gasteiger partial charge in [-0.2, -0.15) is 0 Å². The van der Waals surface area contributed by atoms with Crippen molar-refractivity contribution in [3.05, 3.63) is 65.7 Å². The third-order valence-electron chi connectivity index (χ3n) is 5.25. The molecular weight excluding hydrogens is 362 g/mol. The van der Waals surface area contributed by atoms with E-state index >= 15 is 0 Å². The Hall–Kier alpha value is -3.32. The van der Waals surface area contributed by atoms with Crippen molar-refractivity contribution in [2.45, 2.75) is 25.8 Å². The Morgan fingerprint density at radius 1 is 1.24 bits per heavy atom. The summed E-state index contributed by atoms with van der Waals surface area (Å²) in [4.78, 5) is 15.6. The van der Waals surface area contributed by atoms with Crippen molar-refractivity contribution in [3.8, 4) is 11.3 Å². The largest absolute Gasteiger partial charge is 0.397 e. The van der Waals surface area contributed by atoms with Crippen molar-refractivity contribution < 1.29 is 0 Å². The minimum atomic E-state index is 0.158. The quantitative estimate of drug-likeness (QED) is 0.593. The number of anilines is 2. The first kappa shape index (κ1) is 19.0. The normalized spacial score (nSPS) is 16.6. The molecule has 1 unspecified atom stereocenters. The van der Waals surface area contributed by atoms with E-state index in [4.69, 9.17) is 21.9 Å². The van der Waals surface area contributed by atoms with Crippen LogP contribution in [0.2, 0.25) is 0 Å². The van der Waals surface area contributed by atoms with Gasteiger partial charge in [0.2, 0.25) is 0 Å². The van der Waals surface area contributed by atoms with E-state index in [9.17, 15) is 0 Å². The number of nitrogens with zero attached hydrogens (tertiary/aromatic N) is 4. The summed E-state index contributed by atoms with van der Waals surface area (Å²) in [7, 11) is 0. The number of hydrogen-bond donors (Lipinski definition) is 3. The minimum absolute atomic E-state index is 0.158. The first-order chi connectivity index (χ1) is 14.0. The molecule has 7 heteroatoms. The van der Waals surface area contributed by atoms with Gasteiger partial charge in [-0.15, -0.1) is 0 Å². The van der Waals surface area contributed by atoms with Gasteiger partial charge < -0.3 is 16.4 Å². The molecule has 4 heterocycles. The molecule has 0 aliphatic carbocycles. The summed E-state index contributed by atoms with van der Waals surface area (Å²) >= 11 is 0. The van der Waals surface area contributed by atoms with Crippen LogP contribution in [0, 0.1) is 12.3 Å². The van der Waals surface area contributed by atoms with Crippen LogP contribution in [0.25, 0.3) is 11.3 Å². The fourth-order valence-electron chi connectivity index (χ4n) is 3.67. The van der Waals surface area contributed by atoms with Crippen LogP contribution in [-0.4, -0.2) is 39.8 Å². The summed E-state index contributed by atoms with van der Waals surface area (Å²) < 4.78 is 0. The number of pyridine rings is 3. The second kappa shape index (κ2) is 7.97. The van der Waals surface area contributed by atoms with Crippen LogP contribution >= 0.6 is 0 Å². The van der Waals surface area contributed by atoms with Crippen molar-refractivity contribution in [1.82, 2.24) is 15.0 Å². The van der Waals surface area contributed by atoms with Crippen molar-refractivity contribution in [1.29, 1.82) is 5.41 Å². The van der Waals surface area contributed by atoms with Gasteiger partial charge in [-0.3, -0.25) is 15.4 Å².